The predicted octanol–water partition coefficient (Wildman–Crippen LogP) is 2.94. The summed E-state index contributed by atoms with van der Waals surface area (Å²) in [6, 6.07) is 7.43. The van der Waals surface area contributed by atoms with Crippen molar-refractivity contribution in [2.24, 2.45) is 5.92 Å². The van der Waals surface area contributed by atoms with Gasteiger partial charge in [0.05, 0.1) is 6.54 Å². The number of nitrogens with one attached hydrogen (secondary N) is 1. The molecule has 6 heteroatoms. The lowest BCUT2D eigenvalue weighted by Crippen LogP contribution is -2.34. The first-order valence-electron chi connectivity index (χ1n) is 8.81. The summed E-state index contributed by atoms with van der Waals surface area (Å²) in [6.07, 6.45) is 6.37. The number of rotatable bonds is 4. The molecule has 1 aliphatic carbocycles. The van der Waals surface area contributed by atoms with E-state index in [1.807, 2.05) is 26.0 Å². The van der Waals surface area contributed by atoms with Gasteiger partial charge >= 0.3 is 10.2 Å². The van der Waals surface area contributed by atoms with Crippen LogP contribution in [0.25, 0.3) is 0 Å². The second-order valence-corrected chi connectivity index (χ2v) is 8.89. The van der Waals surface area contributed by atoms with E-state index >= 15 is 0 Å². The Morgan fingerprint density at radius 3 is 2.29 bits per heavy atom. The molecule has 0 radical (unpaired) electrons. The summed E-state index contributed by atoms with van der Waals surface area (Å²) >= 11 is 0. The number of hydrogen-bond acceptors (Lipinski definition) is 3. The van der Waals surface area contributed by atoms with Crippen molar-refractivity contribution in [3.63, 3.8) is 0 Å². The van der Waals surface area contributed by atoms with Crippen LogP contribution in [0.15, 0.2) is 24.3 Å². The zero-order chi connectivity index (χ0) is 17.3. The summed E-state index contributed by atoms with van der Waals surface area (Å²) in [7, 11) is -3.73. The molecule has 5 nitrogen and oxygen atoms in total. The van der Waals surface area contributed by atoms with Crippen LogP contribution in [0.4, 0.5) is 0 Å². The SMILES string of the molecule is CC(C)[C@@H]1NS(=O)(=O)N(Cc2ccc(C3CCCCC3)cc2)C1=O. The van der Waals surface area contributed by atoms with Gasteiger partial charge in [0.1, 0.15) is 6.04 Å². The zero-order valence-electron chi connectivity index (χ0n) is 14.4. The Morgan fingerprint density at radius 2 is 1.75 bits per heavy atom. The largest absolute Gasteiger partial charge is 0.304 e. The molecule has 1 N–H and O–H groups in total. The second kappa shape index (κ2) is 6.84. The molecule has 0 spiro atoms. The third kappa shape index (κ3) is 3.49. The van der Waals surface area contributed by atoms with E-state index < -0.39 is 16.3 Å². The average Bonchev–Trinajstić information content (AvgIpc) is 2.80. The van der Waals surface area contributed by atoms with Crippen LogP contribution in [-0.4, -0.2) is 24.7 Å². The monoisotopic (exact) mass is 350 g/mol. The highest BCUT2D eigenvalue weighted by molar-refractivity contribution is 7.88. The van der Waals surface area contributed by atoms with E-state index in [0.717, 1.165) is 9.87 Å². The van der Waals surface area contributed by atoms with Crippen LogP contribution < -0.4 is 4.72 Å². The van der Waals surface area contributed by atoms with E-state index in [1.165, 1.54) is 37.7 Å². The highest BCUT2D eigenvalue weighted by Gasteiger charge is 2.44. The molecule has 24 heavy (non-hydrogen) atoms. The van der Waals surface area contributed by atoms with Gasteiger partial charge in [0.15, 0.2) is 0 Å². The Labute approximate surface area is 144 Å². The number of amides is 1. The zero-order valence-corrected chi connectivity index (χ0v) is 15.2. The average molecular weight is 350 g/mol. The van der Waals surface area contributed by atoms with E-state index in [0.29, 0.717) is 5.92 Å². The fourth-order valence-electron chi connectivity index (χ4n) is 3.63. The van der Waals surface area contributed by atoms with Crippen molar-refractivity contribution in [2.45, 2.75) is 64.5 Å². The van der Waals surface area contributed by atoms with Crippen LogP contribution in [-0.2, 0) is 21.5 Å². The van der Waals surface area contributed by atoms with Crippen molar-refractivity contribution < 1.29 is 13.2 Å². The van der Waals surface area contributed by atoms with Gasteiger partial charge in [0.2, 0.25) is 0 Å². The van der Waals surface area contributed by atoms with E-state index in [4.69, 9.17) is 0 Å². The van der Waals surface area contributed by atoms with Gasteiger partial charge in [0, 0.05) is 0 Å². The van der Waals surface area contributed by atoms with Gasteiger partial charge in [-0.2, -0.15) is 13.1 Å². The molecule has 0 unspecified atom stereocenters. The number of carbonyl (C=O) groups excluding carboxylic acids is 1. The van der Waals surface area contributed by atoms with Gasteiger partial charge < -0.3 is 0 Å². The minimum Gasteiger partial charge on any atom is -0.272 e. The standard InChI is InChI=1S/C18H26N2O3S/c1-13(2)17-18(21)20(24(22,23)19-17)12-14-8-10-16(11-9-14)15-6-4-3-5-7-15/h8-11,13,15,17,19H,3-7,12H2,1-2H3/t17-/m0/s1. The third-order valence-electron chi connectivity index (χ3n) is 5.13. The molecule has 0 aromatic heterocycles. The predicted molar refractivity (Wildman–Crippen MR) is 93.5 cm³/mol. The van der Waals surface area contributed by atoms with Crippen molar-refractivity contribution in [1.29, 1.82) is 0 Å². The Balaban J connectivity index is 1.72. The third-order valence-corrected chi connectivity index (χ3v) is 6.57. The van der Waals surface area contributed by atoms with Gasteiger partial charge in [0.25, 0.3) is 5.91 Å². The molecule has 1 heterocycles. The molecule has 1 atom stereocenters. The van der Waals surface area contributed by atoms with Crippen LogP contribution in [0.5, 0.6) is 0 Å². The fourth-order valence-corrected chi connectivity index (χ4v) is 5.12. The minimum absolute atomic E-state index is 0.0639. The molecular formula is C18H26N2O3S. The number of hydrogen-bond donors (Lipinski definition) is 1. The fraction of sp³-hybridized carbons (Fsp3) is 0.611. The number of benzene rings is 1. The highest BCUT2D eigenvalue weighted by Crippen LogP contribution is 2.32. The van der Waals surface area contributed by atoms with Crippen LogP contribution in [0.2, 0.25) is 0 Å². The van der Waals surface area contributed by atoms with E-state index in [1.54, 1.807) is 0 Å². The number of nitrogens with zero attached hydrogens (tertiary/aromatic N) is 1. The summed E-state index contributed by atoms with van der Waals surface area (Å²) < 4.78 is 27.8. The molecule has 1 saturated heterocycles. The Kier molecular flexibility index (Phi) is 4.97. The summed E-state index contributed by atoms with van der Waals surface area (Å²) in [4.78, 5) is 12.4. The molecule has 0 bridgehead atoms. The molecule has 2 fully saturated rings. The molecule has 3 rings (SSSR count). The first-order valence-corrected chi connectivity index (χ1v) is 10.2. The van der Waals surface area contributed by atoms with Crippen LogP contribution in [0, 0.1) is 5.92 Å². The maximum absolute atomic E-state index is 12.4. The molecule has 1 amide bonds. The second-order valence-electron chi connectivity index (χ2n) is 7.27. The maximum atomic E-state index is 12.4. The minimum atomic E-state index is -3.73. The van der Waals surface area contributed by atoms with Gasteiger partial charge in [-0.05, 0) is 35.8 Å². The molecule has 1 aliphatic heterocycles. The number of carbonyl (C=O) groups is 1. The topological polar surface area (TPSA) is 66.5 Å². The highest BCUT2D eigenvalue weighted by atomic mass is 32.2. The molecule has 1 aromatic carbocycles. The van der Waals surface area contributed by atoms with Crippen molar-refractivity contribution >= 4 is 16.1 Å². The van der Waals surface area contributed by atoms with Gasteiger partial charge in [-0.15, -0.1) is 0 Å². The molecule has 2 aliphatic rings. The van der Waals surface area contributed by atoms with Gasteiger partial charge in [-0.1, -0.05) is 57.4 Å². The smallest absolute Gasteiger partial charge is 0.272 e. The molecular weight excluding hydrogens is 324 g/mol. The summed E-state index contributed by atoms with van der Waals surface area (Å²) in [6.45, 7) is 3.78. The first kappa shape index (κ1) is 17.4. The van der Waals surface area contributed by atoms with Crippen LogP contribution in [0.3, 0.4) is 0 Å². The summed E-state index contributed by atoms with van der Waals surface area (Å²) in [5.41, 5.74) is 2.17. The summed E-state index contributed by atoms with van der Waals surface area (Å²) in [5, 5.41) is 0. The van der Waals surface area contributed by atoms with E-state index in [-0.39, 0.29) is 18.4 Å². The normalized spacial score (nSPS) is 24.7. The van der Waals surface area contributed by atoms with Crippen molar-refractivity contribution in [3.8, 4) is 0 Å². The van der Waals surface area contributed by atoms with Crippen LogP contribution >= 0.6 is 0 Å². The Hall–Kier alpha value is -1.40. The molecule has 1 aromatic rings. The molecule has 132 valence electrons. The quantitative estimate of drug-likeness (QED) is 0.908. The van der Waals surface area contributed by atoms with Gasteiger partial charge in [-0.25, -0.2) is 4.31 Å². The lowest BCUT2D eigenvalue weighted by atomic mass is 9.84. The lowest BCUT2D eigenvalue weighted by molar-refractivity contribution is -0.127. The van der Waals surface area contributed by atoms with Crippen molar-refractivity contribution in [1.82, 2.24) is 9.03 Å². The van der Waals surface area contributed by atoms with Crippen LogP contribution in [0.1, 0.15) is 63.0 Å². The van der Waals surface area contributed by atoms with Crippen molar-refractivity contribution in [2.75, 3.05) is 0 Å². The lowest BCUT2D eigenvalue weighted by Gasteiger charge is -2.22. The van der Waals surface area contributed by atoms with E-state index in [2.05, 4.69) is 16.9 Å². The van der Waals surface area contributed by atoms with Crippen molar-refractivity contribution in [3.05, 3.63) is 35.4 Å². The summed E-state index contributed by atoms with van der Waals surface area (Å²) in [5.74, 6) is 0.198. The Bertz CT molecular complexity index is 691. The first-order chi connectivity index (χ1) is 11.4. The molecule has 1 saturated carbocycles. The maximum Gasteiger partial charge on any atom is 0.304 e. The Morgan fingerprint density at radius 1 is 1.12 bits per heavy atom. The van der Waals surface area contributed by atoms with Gasteiger partial charge in [-0.3, -0.25) is 4.79 Å². The van der Waals surface area contributed by atoms with E-state index in [9.17, 15) is 13.2 Å².